The van der Waals surface area contributed by atoms with Gasteiger partial charge in [-0.15, -0.1) is 0 Å². The van der Waals surface area contributed by atoms with Crippen LogP contribution < -0.4 is 4.57 Å². The third-order valence-corrected chi connectivity index (χ3v) is 6.80. The summed E-state index contributed by atoms with van der Waals surface area (Å²) in [6.45, 7) is 5.76. The summed E-state index contributed by atoms with van der Waals surface area (Å²) in [6.07, 6.45) is 35.9. The molecule has 1 nitrogen and oxygen atoms in total. The molecule has 0 atom stereocenters. The first-order valence-corrected chi connectivity index (χ1v) is 14.3. The van der Waals surface area contributed by atoms with Gasteiger partial charge in [-0.2, -0.15) is 0 Å². The van der Waals surface area contributed by atoms with E-state index in [2.05, 4.69) is 42.9 Å². The van der Waals surface area contributed by atoms with E-state index in [0.717, 1.165) is 0 Å². The highest BCUT2D eigenvalue weighted by Gasteiger charge is 2.01. The third kappa shape index (κ3) is 18.4. The Morgan fingerprint density at radius 3 is 1.23 bits per heavy atom. The molecule has 0 radical (unpaired) electrons. The Labute approximate surface area is 196 Å². The van der Waals surface area contributed by atoms with Crippen LogP contribution in [0.5, 0.6) is 0 Å². The molecule has 1 aromatic heterocycles. The van der Waals surface area contributed by atoms with Crippen LogP contribution in [0.4, 0.5) is 0 Å². The number of nitrogens with zero attached hydrogens (tertiary/aromatic N) is 1. The van der Waals surface area contributed by atoms with Crippen molar-refractivity contribution in [3.63, 3.8) is 0 Å². The number of rotatable bonds is 23. The average molecular weight is 431 g/mol. The molecule has 0 aliphatic heterocycles. The summed E-state index contributed by atoms with van der Waals surface area (Å²) < 4.78 is 2.35. The van der Waals surface area contributed by atoms with Crippen LogP contribution in [0, 0.1) is 0 Å². The van der Waals surface area contributed by atoms with Crippen molar-refractivity contribution in [3.8, 4) is 0 Å². The van der Waals surface area contributed by atoms with E-state index < -0.39 is 0 Å². The van der Waals surface area contributed by atoms with Crippen molar-refractivity contribution in [3.05, 3.63) is 30.1 Å². The predicted molar refractivity (Wildman–Crippen MR) is 139 cm³/mol. The van der Waals surface area contributed by atoms with Crippen LogP contribution in [0.3, 0.4) is 0 Å². The fourth-order valence-electron chi connectivity index (χ4n) is 4.58. The zero-order valence-electron chi connectivity index (χ0n) is 21.5. The minimum Gasteiger partial charge on any atom is -0.205 e. The first kappa shape index (κ1) is 28.2. The van der Waals surface area contributed by atoms with Crippen LogP contribution >= 0.6 is 0 Å². The van der Waals surface area contributed by atoms with E-state index in [-0.39, 0.29) is 0 Å². The molecule has 0 amide bonds. The zero-order chi connectivity index (χ0) is 22.2. The van der Waals surface area contributed by atoms with Crippen molar-refractivity contribution in [2.75, 3.05) is 0 Å². The fraction of sp³-hybridized carbons (Fsp3) is 0.833. The monoisotopic (exact) mass is 430 g/mol. The third-order valence-electron chi connectivity index (χ3n) is 6.80. The van der Waals surface area contributed by atoms with Crippen molar-refractivity contribution < 1.29 is 4.57 Å². The van der Waals surface area contributed by atoms with Crippen LogP contribution in [0.15, 0.2) is 24.5 Å². The summed E-state index contributed by atoms with van der Waals surface area (Å²) in [7, 11) is 0. The maximum atomic E-state index is 2.35. The Bertz CT molecular complexity index is 464. The van der Waals surface area contributed by atoms with Crippen LogP contribution in [0.1, 0.15) is 154 Å². The fourth-order valence-corrected chi connectivity index (χ4v) is 4.58. The number of aryl methyl sites for hydroxylation is 2. The van der Waals surface area contributed by atoms with E-state index >= 15 is 0 Å². The van der Waals surface area contributed by atoms with Gasteiger partial charge in [-0.3, -0.25) is 0 Å². The summed E-state index contributed by atoms with van der Waals surface area (Å²) in [5.41, 5.74) is 1.52. The van der Waals surface area contributed by atoms with Gasteiger partial charge in [0.05, 0.1) is 0 Å². The molecule has 0 saturated carbocycles. The van der Waals surface area contributed by atoms with Crippen LogP contribution in [-0.2, 0) is 13.0 Å². The molecular formula is C30H56N+. The van der Waals surface area contributed by atoms with Gasteiger partial charge in [0.2, 0.25) is 0 Å². The second kappa shape index (κ2) is 22.3. The molecule has 0 saturated heterocycles. The van der Waals surface area contributed by atoms with Crippen molar-refractivity contribution in [1.82, 2.24) is 0 Å². The van der Waals surface area contributed by atoms with Crippen LogP contribution in [0.2, 0.25) is 0 Å². The van der Waals surface area contributed by atoms with E-state index in [1.54, 1.807) is 0 Å². The Morgan fingerprint density at radius 2 is 0.806 bits per heavy atom. The normalized spacial score (nSPS) is 11.3. The lowest BCUT2D eigenvalue weighted by Crippen LogP contribution is -2.32. The van der Waals surface area contributed by atoms with Crippen LogP contribution in [0.25, 0.3) is 0 Å². The van der Waals surface area contributed by atoms with E-state index in [1.165, 1.54) is 153 Å². The summed E-state index contributed by atoms with van der Waals surface area (Å²) in [4.78, 5) is 0. The molecule has 1 heteroatoms. The molecule has 0 fully saturated rings. The lowest BCUT2D eigenvalue weighted by atomic mass is 10.0. The van der Waals surface area contributed by atoms with E-state index in [4.69, 9.17) is 0 Å². The van der Waals surface area contributed by atoms with Gasteiger partial charge in [0, 0.05) is 18.6 Å². The zero-order valence-corrected chi connectivity index (χ0v) is 21.5. The number of pyridine rings is 1. The molecule has 1 aromatic rings. The molecule has 180 valence electrons. The van der Waals surface area contributed by atoms with Gasteiger partial charge >= 0.3 is 0 Å². The van der Waals surface area contributed by atoms with Gasteiger partial charge < -0.3 is 0 Å². The van der Waals surface area contributed by atoms with E-state index in [1.807, 2.05) is 0 Å². The first-order valence-electron chi connectivity index (χ1n) is 14.3. The lowest BCUT2D eigenvalue weighted by Gasteiger charge is -2.04. The van der Waals surface area contributed by atoms with E-state index in [0.29, 0.717) is 0 Å². The smallest absolute Gasteiger partial charge is 0.169 e. The Kier molecular flexibility index (Phi) is 20.3. The maximum absolute atomic E-state index is 2.35. The summed E-state index contributed by atoms with van der Waals surface area (Å²) in [6, 6.07) is 4.68. The minimum absolute atomic E-state index is 1.18. The largest absolute Gasteiger partial charge is 0.205 e. The number of hydrogen-bond acceptors (Lipinski definition) is 0. The van der Waals surface area contributed by atoms with Gasteiger partial charge in [0.1, 0.15) is 6.54 Å². The van der Waals surface area contributed by atoms with Gasteiger partial charge in [-0.1, -0.05) is 129 Å². The molecule has 0 aliphatic carbocycles. The molecule has 1 rings (SSSR count). The second-order valence-electron chi connectivity index (χ2n) is 9.91. The highest BCUT2D eigenvalue weighted by Crippen LogP contribution is 2.14. The molecule has 0 aromatic carbocycles. The summed E-state index contributed by atoms with van der Waals surface area (Å²) in [5, 5.41) is 0. The van der Waals surface area contributed by atoms with Crippen molar-refractivity contribution in [2.45, 2.75) is 162 Å². The van der Waals surface area contributed by atoms with Gasteiger partial charge in [0.25, 0.3) is 0 Å². The summed E-state index contributed by atoms with van der Waals surface area (Å²) in [5.74, 6) is 0. The Balaban J connectivity index is 1.81. The molecular weight excluding hydrogens is 374 g/mol. The lowest BCUT2D eigenvalue weighted by molar-refractivity contribution is -0.697. The molecule has 31 heavy (non-hydrogen) atoms. The molecule has 0 N–H and O–H groups in total. The Morgan fingerprint density at radius 1 is 0.452 bits per heavy atom. The first-order chi connectivity index (χ1) is 15.4. The highest BCUT2D eigenvalue weighted by molar-refractivity contribution is 5.07. The quantitative estimate of drug-likeness (QED) is 0.120. The van der Waals surface area contributed by atoms with Gasteiger partial charge in [-0.05, 0) is 24.8 Å². The Hall–Kier alpha value is -0.850. The maximum Gasteiger partial charge on any atom is 0.169 e. The van der Waals surface area contributed by atoms with Crippen LogP contribution in [-0.4, -0.2) is 0 Å². The molecule has 0 unspecified atom stereocenters. The second-order valence-corrected chi connectivity index (χ2v) is 9.91. The van der Waals surface area contributed by atoms with Gasteiger partial charge in [0.15, 0.2) is 12.4 Å². The average Bonchev–Trinajstić information content (AvgIpc) is 2.79. The topological polar surface area (TPSA) is 3.88 Å². The molecule has 0 aliphatic rings. The van der Waals surface area contributed by atoms with Crippen molar-refractivity contribution in [2.24, 2.45) is 0 Å². The number of aromatic nitrogens is 1. The SMILES string of the molecule is CCCCCCCCCCCCCCCCCCCc1cc[n+](CCCCCC)cc1. The molecule has 1 heterocycles. The van der Waals surface area contributed by atoms with Gasteiger partial charge in [-0.25, -0.2) is 4.57 Å². The molecule has 0 bridgehead atoms. The minimum atomic E-state index is 1.18. The van der Waals surface area contributed by atoms with E-state index in [9.17, 15) is 0 Å². The van der Waals surface area contributed by atoms with Crippen molar-refractivity contribution in [1.29, 1.82) is 0 Å². The predicted octanol–water partition coefficient (Wildman–Crippen LogP) is 9.75. The summed E-state index contributed by atoms with van der Waals surface area (Å²) >= 11 is 0. The highest BCUT2D eigenvalue weighted by atomic mass is 14.9. The standard InChI is InChI=1S/C30H56N/c1-3-5-7-9-10-11-12-13-14-15-16-17-18-19-20-21-22-24-30-25-28-31(29-26-30)27-23-8-6-4-2/h25-26,28-29H,3-24,27H2,1-2H3/q+1. The van der Waals surface area contributed by atoms with Crippen molar-refractivity contribution >= 4 is 0 Å². The number of hydrogen-bond donors (Lipinski definition) is 0. The molecule has 0 spiro atoms. The number of unbranched alkanes of at least 4 members (excludes halogenated alkanes) is 19.